The minimum Gasteiger partial charge on any atom is -0.361 e. The fourth-order valence-corrected chi connectivity index (χ4v) is 5.73. The summed E-state index contributed by atoms with van der Waals surface area (Å²) in [5, 5.41) is 6.68. The minimum atomic E-state index is -3.57. The quantitative estimate of drug-likeness (QED) is 0.818. The van der Waals surface area contributed by atoms with Gasteiger partial charge in [0.05, 0.1) is 10.6 Å². The number of amides is 1. The molecule has 2 atom stereocenters. The number of benzene rings is 1. The molecule has 1 aliphatic rings. The summed E-state index contributed by atoms with van der Waals surface area (Å²) >= 11 is 0. The van der Waals surface area contributed by atoms with Crippen molar-refractivity contribution in [1.29, 1.82) is 0 Å². The Morgan fingerprint density at radius 1 is 1.21 bits per heavy atom. The standard InChI is InChI=1S/C20H27N3O4S/c1-5-18-19(15(4)27-22-18)20(24)21-16-9-11-17(12-10-16)28(25,26)23-13(2)7-6-8-14(23)3/h9-14H,5-8H2,1-4H3,(H,21,24)/t13-,14-/m0/s1. The van der Waals surface area contributed by atoms with Crippen LogP contribution in [0.3, 0.4) is 0 Å². The molecule has 3 rings (SSSR count). The van der Waals surface area contributed by atoms with Crippen molar-refractivity contribution < 1.29 is 17.7 Å². The average Bonchev–Trinajstić information content (AvgIpc) is 3.02. The Morgan fingerprint density at radius 2 is 1.82 bits per heavy atom. The molecule has 1 fully saturated rings. The third-order valence-corrected chi connectivity index (χ3v) is 7.44. The van der Waals surface area contributed by atoms with Crippen LogP contribution in [-0.4, -0.2) is 35.9 Å². The maximum absolute atomic E-state index is 13.1. The highest BCUT2D eigenvalue weighted by atomic mass is 32.2. The maximum atomic E-state index is 13.1. The number of sulfonamides is 1. The summed E-state index contributed by atoms with van der Waals surface area (Å²) in [5.74, 6) is 0.145. The molecule has 1 aliphatic heterocycles. The number of hydrogen-bond donors (Lipinski definition) is 1. The lowest BCUT2D eigenvalue weighted by molar-refractivity contribution is 0.102. The molecular weight excluding hydrogens is 378 g/mol. The summed E-state index contributed by atoms with van der Waals surface area (Å²) < 4.78 is 32.9. The Bertz CT molecular complexity index is 940. The number of carbonyl (C=O) groups excluding carboxylic acids is 1. The summed E-state index contributed by atoms with van der Waals surface area (Å²) in [6.45, 7) is 7.50. The molecule has 0 bridgehead atoms. The number of anilines is 1. The Kier molecular flexibility index (Phi) is 5.90. The highest BCUT2D eigenvalue weighted by Crippen LogP contribution is 2.30. The van der Waals surface area contributed by atoms with E-state index in [0.29, 0.717) is 29.1 Å². The second-order valence-electron chi connectivity index (χ2n) is 7.36. The van der Waals surface area contributed by atoms with Crippen LogP contribution in [0.25, 0.3) is 0 Å². The average molecular weight is 406 g/mol. The molecule has 1 aromatic carbocycles. The molecule has 0 aliphatic carbocycles. The predicted molar refractivity (Wildman–Crippen MR) is 107 cm³/mol. The monoisotopic (exact) mass is 405 g/mol. The molecule has 0 radical (unpaired) electrons. The first-order valence-electron chi connectivity index (χ1n) is 9.65. The topological polar surface area (TPSA) is 92.5 Å². The van der Waals surface area contributed by atoms with Gasteiger partial charge in [-0.3, -0.25) is 4.79 Å². The third kappa shape index (κ3) is 3.84. The second-order valence-corrected chi connectivity index (χ2v) is 9.20. The van der Waals surface area contributed by atoms with E-state index in [1.165, 1.54) is 0 Å². The van der Waals surface area contributed by atoms with E-state index in [9.17, 15) is 13.2 Å². The maximum Gasteiger partial charge on any atom is 0.261 e. The van der Waals surface area contributed by atoms with Crippen LogP contribution in [0.1, 0.15) is 61.8 Å². The van der Waals surface area contributed by atoms with Gasteiger partial charge in [-0.1, -0.05) is 18.5 Å². The van der Waals surface area contributed by atoms with Gasteiger partial charge in [0.25, 0.3) is 5.91 Å². The van der Waals surface area contributed by atoms with Gasteiger partial charge < -0.3 is 9.84 Å². The number of nitrogens with zero attached hydrogens (tertiary/aromatic N) is 2. The molecule has 1 aromatic heterocycles. The first kappa shape index (κ1) is 20.5. The number of aromatic nitrogens is 1. The lowest BCUT2D eigenvalue weighted by Gasteiger charge is -2.37. The molecule has 0 spiro atoms. The van der Waals surface area contributed by atoms with E-state index in [1.54, 1.807) is 35.5 Å². The summed E-state index contributed by atoms with van der Waals surface area (Å²) in [4.78, 5) is 12.8. The van der Waals surface area contributed by atoms with Crippen LogP contribution in [0, 0.1) is 6.92 Å². The second kappa shape index (κ2) is 8.05. The van der Waals surface area contributed by atoms with Gasteiger partial charge in [-0.15, -0.1) is 0 Å². The van der Waals surface area contributed by atoms with Crippen LogP contribution in [0.2, 0.25) is 0 Å². The molecule has 1 amide bonds. The van der Waals surface area contributed by atoms with Gasteiger partial charge in [-0.05, 0) is 64.3 Å². The van der Waals surface area contributed by atoms with Crippen LogP contribution in [0.5, 0.6) is 0 Å². The number of nitrogens with one attached hydrogen (secondary N) is 1. The summed E-state index contributed by atoms with van der Waals surface area (Å²) in [6.07, 6.45) is 3.37. The lowest BCUT2D eigenvalue weighted by atomic mass is 10.0. The Hall–Kier alpha value is -2.19. The number of piperidine rings is 1. The van der Waals surface area contributed by atoms with Gasteiger partial charge in [0.1, 0.15) is 11.3 Å². The van der Waals surface area contributed by atoms with Crippen molar-refractivity contribution >= 4 is 21.6 Å². The summed E-state index contributed by atoms with van der Waals surface area (Å²) in [7, 11) is -3.57. The van der Waals surface area contributed by atoms with Crippen molar-refractivity contribution in [2.24, 2.45) is 0 Å². The third-order valence-electron chi connectivity index (χ3n) is 5.30. The zero-order valence-electron chi connectivity index (χ0n) is 16.7. The molecule has 2 aromatic rings. The van der Waals surface area contributed by atoms with Gasteiger partial charge in [0.2, 0.25) is 10.0 Å². The van der Waals surface area contributed by atoms with Crippen LogP contribution < -0.4 is 5.32 Å². The highest BCUT2D eigenvalue weighted by Gasteiger charge is 2.35. The number of rotatable bonds is 5. The molecule has 152 valence electrons. The molecule has 1 saturated heterocycles. The van der Waals surface area contributed by atoms with Crippen LogP contribution in [-0.2, 0) is 16.4 Å². The molecule has 28 heavy (non-hydrogen) atoms. The molecular formula is C20H27N3O4S. The van der Waals surface area contributed by atoms with E-state index < -0.39 is 10.0 Å². The van der Waals surface area contributed by atoms with Gasteiger partial charge in [-0.2, -0.15) is 4.31 Å². The van der Waals surface area contributed by atoms with E-state index in [1.807, 2.05) is 20.8 Å². The van der Waals surface area contributed by atoms with E-state index in [0.717, 1.165) is 19.3 Å². The zero-order chi connectivity index (χ0) is 20.5. The molecule has 0 unspecified atom stereocenters. The smallest absolute Gasteiger partial charge is 0.261 e. The molecule has 8 heteroatoms. The first-order chi connectivity index (χ1) is 13.3. The Labute approximate surface area is 166 Å². The SMILES string of the molecule is CCc1noc(C)c1C(=O)Nc1ccc(S(=O)(=O)N2[C@@H](C)CCC[C@@H]2C)cc1. The Balaban J connectivity index is 1.80. The van der Waals surface area contributed by atoms with Crippen LogP contribution >= 0.6 is 0 Å². The lowest BCUT2D eigenvalue weighted by Crippen LogP contribution is -2.47. The van der Waals surface area contributed by atoms with E-state index in [4.69, 9.17) is 4.52 Å². The van der Waals surface area contributed by atoms with E-state index >= 15 is 0 Å². The molecule has 7 nitrogen and oxygen atoms in total. The van der Waals surface area contributed by atoms with Crippen molar-refractivity contribution in [2.45, 2.75) is 70.4 Å². The normalized spacial score (nSPS) is 20.9. The van der Waals surface area contributed by atoms with Crippen molar-refractivity contribution in [2.75, 3.05) is 5.32 Å². The minimum absolute atomic E-state index is 0.0165. The van der Waals surface area contributed by atoms with Gasteiger partial charge in [0.15, 0.2) is 0 Å². The summed E-state index contributed by atoms with van der Waals surface area (Å²) in [5.41, 5.74) is 1.55. The van der Waals surface area contributed by atoms with Crippen LogP contribution in [0.15, 0.2) is 33.7 Å². The fourth-order valence-electron chi connectivity index (χ4n) is 3.85. The van der Waals surface area contributed by atoms with Gasteiger partial charge in [0, 0.05) is 17.8 Å². The molecule has 0 saturated carbocycles. The molecule has 1 N–H and O–H groups in total. The van der Waals surface area contributed by atoms with Crippen molar-refractivity contribution in [1.82, 2.24) is 9.46 Å². The van der Waals surface area contributed by atoms with Gasteiger partial charge >= 0.3 is 0 Å². The summed E-state index contributed by atoms with van der Waals surface area (Å²) in [6, 6.07) is 6.27. The first-order valence-corrected chi connectivity index (χ1v) is 11.1. The van der Waals surface area contributed by atoms with Crippen LogP contribution in [0.4, 0.5) is 5.69 Å². The Morgan fingerprint density at radius 3 is 2.39 bits per heavy atom. The van der Waals surface area contributed by atoms with Crippen molar-refractivity contribution in [3.63, 3.8) is 0 Å². The number of hydrogen-bond acceptors (Lipinski definition) is 5. The predicted octanol–water partition coefficient (Wildman–Crippen LogP) is 3.75. The number of carbonyl (C=O) groups is 1. The largest absolute Gasteiger partial charge is 0.361 e. The van der Waals surface area contributed by atoms with Gasteiger partial charge in [-0.25, -0.2) is 8.42 Å². The van der Waals surface area contributed by atoms with Crippen molar-refractivity contribution in [3.8, 4) is 0 Å². The highest BCUT2D eigenvalue weighted by molar-refractivity contribution is 7.89. The zero-order valence-corrected chi connectivity index (χ0v) is 17.5. The van der Waals surface area contributed by atoms with E-state index in [2.05, 4.69) is 10.5 Å². The fraction of sp³-hybridized carbons (Fsp3) is 0.500. The molecule has 2 heterocycles. The number of aryl methyl sites for hydroxylation is 2. The van der Waals surface area contributed by atoms with E-state index in [-0.39, 0.29) is 22.9 Å². The van der Waals surface area contributed by atoms with Crippen molar-refractivity contribution in [3.05, 3.63) is 41.3 Å².